The number of non-ortho nitro benzene ring substituents is 1. The average molecular weight is 400 g/mol. The number of carbonyl (C=O) groups excluding carboxylic acids is 2. The largest absolute Gasteiger partial charge is 0.425 e. The Morgan fingerprint density at radius 3 is 2.45 bits per heavy atom. The van der Waals surface area contributed by atoms with E-state index in [0.29, 0.717) is 13.0 Å². The SMILES string of the molecule is CC(C)[C@H](NC(=O)N(C)CCc1ccccn1)C(=O)Oc1ccc([N+](=O)[O-])cc1. The number of pyridine rings is 1. The van der Waals surface area contributed by atoms with Crippen LogP contribution in [0.1, 0.15) is 19.5 Å². The third-order valence-electron chi connectivity index (χ3n) is 4.24. The summed E-state index contributed by atoms with van der Waals surface area (Å²) in [6.45, 7) is 4.01. The zero-order valence-corrected chi connectivity index (χ0v) is 16.6. The number of amides is 2. The van der Waals surface area contributed by atoms with Gasteiger partial charge >= 0.3 is 12.0 Å². The number of esters is 1. The summed E-state index contributed by atoms with van der Waals surface area (Å²) >= 11 is 0. The Balaban J connectivity index is 1.94. The van der Waals surface area contributed by atoms with Crippen LogP contribution in [0.2, 0.25) is 0 Å². The van der Waals surface area contributed by atoms with E-state index in [1.54, 1.807) is 27.1 Å². The summed E-state index contributed by atoms with van der Waals surface area (Å²) in [7, 11) is 1.64. The second-order valence-corrected chi connectivity index (χ2v) is 6.84. The number of ether oxygens (including phenoxy) is 1. The van der Waals surface area contributed by atoms with Crippen LogP contribution in [0, 0.1) is 16.0 Å². The van der Waals surface area contributed by atoms with Crippen LogP contribution >= 0.6 is 0 Å². The zero-order valence-electron chi connectivity index (χ0n) is 16.6. The fourth-order valence-electron chi connectivity index (χ4n) is 2.49. The lowest BCUT2D eigenvalue weighted by Gasteiger charge is -2.24. The van der Waals surface area contributed by atoms with Gasteiger partial charge in [0.15, 0.2) is 0 Å². The molecule has 2 amide bonds. The van der Waals surface area contributed by atoms with E-state index in [1.165, 1.54) is 29.2 Å². The van der Waals surface area contributed by atoms with Gasteiger partial charge in [-0.25, -0.2) is 9.59 Å². The molecule has 0 fully saturated rings. The van der Waals surface area contributed by atoms with Gasteiger partial charge in [-0.15, -0.1) is 0 Å². The van der Waals surface area contributed by atoms with Crippen LogP contribution in [0.5, 0.6) is 5.75 Å². The molecule has 0 bridgehead atoms. The number of urea groups is 1. The van der Waals surface area contributed by atoms with E-state index in [9.17, 15) is 19.7 Å². The Morgan fingerprint density at radius 1 is 1.21 bits per heavy atom. The molecule has 2 aromatic rings. The highest BCUT2D eigenvalue weighted by molar-refractivity contribution is 5.85. The van der Waals surface area contributed by atoms with Gasteiger partial charge in [0.25, 0.3) is 5.69 Å². The Hall–Kier alpha value is -3.49. The molecule has 1 N–H and O–H groups in total. The topological polar surface area (TPSA) is 115 Å². The fraction of sp³-hybridized carbons (Fsp3) is 0.350. The molecule has 0 aliphatic rings. The van der Waals surface area contributed by atoms with Crippen molar-refractivity contribution in [1.29, 1.82) is 0 Å². The minimum atomic E-state index is -0.866. The molecule has 9 heteroatoms. The molecule has 0 saturated carbocycles. The fourth-order valence-corrected chi connectivity index (χ4v) is 2.49. The Labute approximate surface area is 168 Å². The average Bonchev–Trinajstić information content (AvgIpc) is 2.70. The number of hydrogen-bond acceptors (Lipinski definition) is 6. The van der Waals surface area contributed by atoms with Gasteiger partial charge in [0, 0.05) is 44.0 Å². The monoisotopic (exact) mass is 400 g/mol. The summed E-state index contributed by atoms with van der Waals surface area (Å²) in [5.41, 5.74) is 0.762. The first-order valence-electron chi connectivity index (χ1n) is 9.15. The first-order valence-corrected chi connectivity index (χ1v) is 9.15. The maximum absolute atomic E-state index is 12.5. The molecule has 154 valence electrons. The van der Waals surface area contributed by atoms with Crippen LogP contribution in [-0.2, 0) is 11.2 Å². The van der Waals surface area contributed by atoms with Crippen molar-refractivity contribution >= 4 is 17.7 Å². The van der Waals surface area contributed by atoms with Gasteiger partial charge in [0.2, 0.25) is 0 Å². The molecule has 1 aromatic carbocycles. The predicted molar refractivity (Wildman–Crippen MR) is 106 cm³/mol. The number of rotatable bonds is 8. The quantitative estimate of drug-likeness (QED) is 0.315. The number of nitro groups is 1. The lowest BCUT2D eigenvalue weighted by molar-refractivity contribution is -0.384. The summed E-state index contributed by atoms with van der Waals surface area (Å²) in [5.74, 6) is -0.682. The summed E-state index contributed by atoms with van der Waals surface area (Å²) in [6, 6.07) is 9.49. The number of nitrogens with zero attached hydrogens (tertiary/aromatic N) is 3. The highest BCUT2D eigenvalue weighted by atomic mass is 16.6. The molecule has 9 nitrogen and oxygen atoms in total. The molecular weight excluding hydrogens is 376 g/mol. The number of nitro benzene ring substituents is 1. The van der Waals surface area contributed by atoms with Crippen LogP contribution in [0.4, 0.5) is 10.5 Å². The van der Waals surface area contributed by atoms with Gasteiger partial charge < -0.3 is 15.0 Å². The van der Waals surface area contributed by atoms with Gasteiger partial charge in [-0.1, -0.05) is 19.9 Å². The maximum atomic E-state index is 12.5. The molecular formula is C20H24N4O5. The third-order valence-corrected chi connectivity index (χ3v) is 4.24. The van der Waals surface area contributed by atoms with Crippen molar-refractivity contribution in [2.45, 2.75) is 26.3 Å². The van der Waals surface area contributed by atoms with Crippen LogP contribution in [0.3, 0.4) is 0 Å². The minimum Gasteiger partial charge on any atom is -0.425 e. The molecule has 29 heavy (non-hydrogen) atoms. The van der Waals surface area contributed by atoms with Crippen molar-refractivity contribution in [1.82, 2.24) is 15.2 Å². The molecule has 1 aromatic heterocycles. The van der Waals surface area contributed by atoms with E-state index in [-0.39, 0.29) is 17.4 Å². The van der Waals surface area contributed by atoms with Gasteiger partial charge in [-0.2, -0.15) is 0 Å². The first kappa shape index (κ1) is 21.8. The highest BCUT2D eigenvalue weighted by Crippen LogP contribution is 2.18. The van der Waals surface area contributed by atoms with Crippen molar-refractivity contribution in [2.75, 3.05) is 13.6 Å². The normalized spacial score (nSPS) is 11.6. The highest BCUT2D eigenvalue weighted by Gasteiger charge is 2.27. The van der Waals surface area contributed by atoms with Crippen molar-refractivity contribution < 1.29 is 19.2 Å². The van der Waals surface area contributed by atoms with E-state index in [0.717, 1.165) is 5.69 Å². The number of benzene rings is 1. The molecule has 1 atom stereocenters. The molecule has 2 rings (SSSR count). The van der Waals surface area contributed by atoms with Crippen molar-refractivity contribution in [3.8, 4) is 5.75 Å². The molecule has 1 heterocycles. The summed E-state index contributed by atoms with van der Waals surface area (Å²) in [4.78, 5) is 40.8. The van der Waals surface area contributed by atoms with Gasteiger partial charge in [0.05, 0.1) is 4.92 Å². The van der Waals surface area contributed by atoms with E-state index >= 15 is 0 Å². The van der Waals surface area contributed by atoms with Gasteiger partial charge in [-0.3, -0.25) is 15.1 Å². The molecule has 0 aliphatic carbocycles. The van der Waals surface area contributed by atoms with Crippen LogP contribution in [0.25, 0.3) is 0 Å². The number of likely N-dealkylation sites (N-methyl/N-ethyl adjacent to an activating group) is 1. The number of aromatic nitrogens is 1. The lowest BCUT2D eigenvalue weighted by Crippen LogP contribution is -2.50. The number of hydrogen-bond donors (Lipinski definition) is 1. The van der Waals surface area contributed by atoms with Crippen molar-refractivity contribution in [3.63, 3.8) is 0 Å². The molecule has 0 saturated heterocycles. The van der Waals surface area contributed by atoms with Crippen LogP contribution in [-0.4, -0.2) is 46.4 Å². The van der Waals surface area contributed by atoms with Crippen molar-refractivity contribution in [3.05, 3.63) is 64.5 Å². The Bertz CT molecular complexity index is 840. The second-order valence-electron chi connectivity index (χ2n) is 6.84. The van der Waals surface area contributed by atoms with Crippen molar-refractivity contribution in [2.24, 2.45) is 5.92 Å². The number of nitrogens with one attached hydrogen (secondary N) is 1. The third kappa shape index (κ3) is 6.56. The van der Waals surface area contributed by atoms with Gasteiger partial charge in [0.1, 0.15) is 11.8 Å². The second kappa shape index (κ2) is 10.2. The van der Waals surface area contributed by atoms with Crippen LogP contribution < -0.4 is 10.1 Å². The van der Waals surface area contributed by atoms with E-state index in [4.69, 9.17) is 4.74 Å². The summed E-state index contributed by atoms with van der Waals surface area (Å²) in [6.07, 6.45) is 2.28. The summed E-state index contributed by atoms with van der Waals surface area (Å²) in [5, 5.41) is 13.4. The maximum Gasteiger partial charge on any atom is 0.334 e. The molecule has 0 spiro atoms. The van der Waals surface area contributed by atoms with E-state index < -0.39 is 23.0 Å². The molecule has 0 unspecified atom stereocenters. The van der Waals surface area contributed by atoms with E-state index in [1.807, 2.05) is 18.2 Å². The predicted octanol–water partition coefficient (Wildman–Crippen LogP) is 2.80. The Kier molecular flexibility index (Phi) is 7.64. The van der Waals surface area contributed by atoms with Crippen LogP contribution in [0.15, 0.2) is 48.7 Å². The smallest absolute Gasteiger partial charge is 0.334 e. The van der Waals surface area contributed by atoms with E-state index in [2.05, 4.69) is 10.3 Å². The number of carbonyl (C=O) groups is 2. The standard InChI is InChI=1S/C20H24N4O5/c1-14(2)18(19(25)29-17-9-7-16(8-10-17)24(27)28)22-20(26)23(3)13-11-15-6-4-5-12-21-15/h4-10,12,14,18H,11,13H2,1-3H3,(H,22,26)/t18-/m0/s1. The molecule has 0 aliphatic heterocycles. The Morgan fingerprint density at radius 2 is 1.90 bits per heavy atom. The first-order chi connectivity index (χ1) is 13.8. The van der Waals surface area contributed by atoms with Gasteiger partial charge in [-0.05, 0) is 30.2 Å². The minimum absolute atomic E-state index is 0.104. The summed E-state index contributed by atoms with van der Waals surface area (Å²) < 4.78 is 5.28. The molecule has 0 radical (unpaired) electrons. The zero-order chi connectivity index (χ0) is 21.4. The lowest BCUT2D eigenvalue weighted by atomic mass is 10.1.